The quantitative estimate of drug-likeness (QED) is 0.820. The number of carbonyl (C=O) groups excluding carboxylic acids is 2. The second-order valence-corrected chi connectivity index (χ2v) is 6.21. The van der Waals surface area contributed by atoms with Crippen molar-refractivity contribution >= 4 is 35.0 Å². The van der Waals surface area contributed by atoms with Crippen LogP contribution >= 0.6 is 23.2 Å². The Hall–Kier alpha value is -2.18. The standard InChI is InChI=1S/C16H14Cl2N4O2/c17-12-7-11(8-13(18)9-12)15(23)21-3-5-22(6-4-21)16(24)14-10-19-1-2-20-14/h1-2,7-10H,3-6H2. The van der Waals surface area contributed by atoms with Crippen molar-refractivity contribution in [2.45, 2.75) is 0 Å². The van der Waals surface area contributed by atoms with E-state index in [9.17, 15) is 9.59 Å². The Labute approximate surface area is 149 Å². The first-order valence-electron chi connectivity index (χ1n) is 7.35. The van der Waals surface area contributed by atoms with Crippen LogP contribution in [0.4, 0.5) is 0 Å². The maximum absolute atomic E-state index is 12.5. The number of hydrogen-bond donors (Lipinski definition) is 0. The van der Waals surface area contributed by atoms with Crippen LogP contribution in [0.25, 0.3) is 0 Å². The molecule has 1 aliphatic rings. The van der Waals surface area contributed by atoms with E-state index < -0.39 is 0 Å². The first-order valence-corrected chi connectivity index (χ1v) is 8.11. The van der Waals surface area contributed by atoms with Crippen LogP contribution in [-0.2, 0) is 0 Å². The van der Waals surface area contributed by atoms with Gasteiger partial charge in [0.25, 0.3) is 11.8 Å². The van der Waals surface area contributed by atoms with Gasteiger partial charge < -0.3 is 9.80 Å². The molecule has 0 N–H and O–H groups in total. The number of piperazine rings is 1. The lowest BCUT2D eigenvalue weighted by Gasteiger charge is -2.34. The minimum Gasteiger partial charge on any atom is -0.335 e. The minimum absolute atomic E-state index is 0.147. The highest BCUT2D eigenvalue weighted by molar-refractivity contribution is 6.35. The molecular weight excluding hydrogens is 351 g/mol. The molecule has 3 rings (SSSR count). The summed E-state index contributed by atoms with van der Waals surface area (Å²) in [5, 5.41) is 0.838. The Balaban J connectivity index is 1.64. The summed E-state index contributed by atoms with van der Waals surface area (Å²) in [6, 6.07) is 4.76. The largest absolute Gasteiger partial charge is 0.335 e. The Bertz CT molecular complexity index is 742. The highest BCUT2D eigenvalue weighted by Gasteiger charge is 2.26. The Morgan fingerprint density at radius 2 is 1.46 bits per heavy atom. The van der Waals surface area contributed by atoms with Crippen LogP contribution in [-0.4, -0.2) is 57.8 Å². The number of rotatable bonds is 2. The molecule has 1 aromatic heterocycles. The van der Waals surface area contributed by atoms with Gasteiger partial charge in [0.05, 0.1) is 6.20 Å². The predicted molar refractivity (Wildman–Crippen MR) is 90.3 cm³/mol. The van der Waals surface area contributed by atoms with Crippen LogP contribution in [0.5, 0.6) is 0 Å². The molecule has 1 aliphatic heterocycles. The van der Waals surface area contributed by atoms with Gasteiger partial charge in [-0.05, 0) is 18.2 Å². The summed E-state index contributed by atoms with van der Waals surface area (Å²) in [6.45, 7) is 1.76. The van der Waals surface area contributed by atoms with Crippen LogP contribution in [0.1, 0.15) is 20.8 Å². The third kappa shape index (κ3) is 3.66. The molecule has 24 heavy (non-hydrogen) atoms. The number of amides is 2. The number of hydrogen-bond acceptors (Lipinski definition) is 4. The van der Waals surface area contributed by atoms with E-state index in [-0.39, 0.29) is 11.8 Å². The average Bonchev–Trinajstić information content (AvgIpc) is 2.60. The van der Waals surface area contributed by atoms with Gasteiger partial charge in [-0.1, -0.05) is 23.2 Å². The van der Waals surface area contributed by atoms with Crippen molar-refractivity contribution in [2.24, 2.45) is 0 Å². The maximum atomic E-state index is 12.5. The molecule has 0 aliphatic carbocycles. The molecule has 0 radical (unpaired) electrons. The average molecular weight is 365 g/mol. The number of aromatic nitrogens is 2. The van der Waals surface area contributed by atoms with E-state index in [4.69, 9.17) is 23.2 Å². The fraction of sp³-hybridized carbons (Fsp3) is 0.250. The molecule has 0 unspecified atom stereocenters. The number of benzene rings is 1. The minimum atomic E-state index is -0.180. The molecule has 124 valence electrons. The first-order chi connectivity index (χ1) is 11.5. The van der Waals surface area contributed by atoms with E-state index in [1.807, 2.05) is 0 Å². The van der Waals surface area contributed by atoms with Crippen molar-refractivity contribution in [1.29, 1.82) is 0 Å². The Morgan fingerprint density at radius 3 is 2.00 bits per heavy atom. The molecule has 0 atom stereocenters. The third-order valence-electron chi connectivity index (χ3n) is 3.75. The molecule has 0 bridgehead atoms. The maximum Gasteiger partial charge on any atom is 0.274 e. The van der Waals surface area contributed by atoms with Crippen molar-refractivity contribution < 1.29 is 9.59 Å². The summed E-state index contributed by atoms with van der Waals surface area (Å²) in [5.74, 6) is -0.327. The molecule has 1 fully saturated rings. The monoisotopic (exact) mass is 364 g/mol. The van der Waals surface area contributed by atoms with Crippen molar-refractivity contribution in [2.75, 3.05) is 26.2 Å². The molecule has 0 saturated carbocycles. The fourth-order valence-corrected chi connectivity index (χ4v) is 3.07. The second kappa shape index (κ2) is 7.15. The van der Waals surface area contributed by atoms with E-state index >= 15 is 0 Å². The van der Waals surface area contributed by atoms with Crippen molar-refractivity contribution in [1.82, 2.24) is 19.8 Å². The highest BCUT2D eigenvalue weighted by Crippen LogP contribution is 2.20. The zero-order valence-corrected chi connectivity index (χ0v) is 14.2. The van der Waals surface area contributed by atoms with Crippen molar-refractivity contribution in [3.8, 4) is 0 Å². The summed E-state index contributed by atoms with van der Waals surface area (Å²) in [4.78, 5) is 36.1. The van der Waals surface area contributed by atoms with Gasteiger partial charge in [0.1, 0.15) is 5.69 Å². The van der Waals surface area contributed by atoms with E-state index in [0.717, 1.165) is 0 Å². The fourth-order valence-electron chi connectivity index (χ4n) is 2.54. The summed E-state index contributed by atoms with van der Waals surface area (Å²) >= 11 is 11.9. The Morgan fingerprint density at radius 1 is 0.875 bits per heavy atom. The predicted octanol–water partition coefficient (Wildman–Crippen LogP) is 2.38. The topological polar surface area (TPSA) is 66.4 Å². The lowest BCUT2D eigenvalue weighted by Crippen LogP contribution is -2.50. The number of halogens is 2. The summed E-state index contributed by atoms with van der Waals surface area (Å²) in [7, 11) is 0. The second-order valence-electron chi connectivity index (χ2n) is 5.33. The van der Waals surface area contributed by atoms with Crippen LogP contribution in [0.2, 0.25) is 10.0 Å². The first kappa shape index (κ1) is 16.7. The molecule has 1 saturated heterocycles. The van der Waals surface area contributed by atoms with Gasteiger partial charge in [-0.2, -0.15) is 0 Å². The van der Waals surface area contributed by atoms with E-state index in [1.54, 1.807) is 28.0 Å². The van der Waals surface area contributed by atoms with Gasteiger partial charge >= 0.3 is 0 Å². The third-order valence-corrected chi connectivity index (χ3v) is 4.18. The molecule has 1 aromatic carbocycles. The lowest BCUT2D eigenvalue weighted by molar-refractivity contribution is 0.0532. The number of carbonyl (C=O) groups is 2. The van der Waals surface area contributed by atoms with E-state index in [2.05, 4.69) is 9.97 Å². The molecule has 2 aromatic rings. The van der Waals surface area contributed by atoms with Gasteiger partial charge in [0.15, 0.2) is 0 Å². The molecule has 2 heterocycles. The molecule has 6 nitrogen and oxygen atoms in total. The van der Waals surface area contributed by atoms with Crippen LogP contribution in [0.15, 0.2) is 36.8 Å². The van der Waals surface area contributed by atoms with Gasteiger partial charge in [-0.15, -0.1) is 0 Å². The summed E-state index contributed by atoms with van der Waals surface area (Å²) in [5.41, 5.74) is 0.750. The molecular formula is C16H14Cl2N4O2. The van der Waals surface area contributed by atoms with Crippen molar-refractivity contribution in [3.63, 3.8) is 0 Å². The normalized spacial score (nSPS) is 14.6. The zero-order chi connectivity index (χ0) is 17.1. The molecule has 2 amide bonds. The smallest absolute Gasteiger partial charge is 0.274 e. The SMILES string of the molecule is O=C(c1cc(Cl)cc(Cl)c1)N1CCN(C(=O)c2cnccn2)CC1. The van der Waals surface area contributed by atoms with Gasteiger partial charge in [-0.25, -0.2) is 4.98 Å². The Kier molecular flexibility index (Phi) is 4.97. The van der Waals surface area contributed by atoms with Crippen LogP contribution in [0.3, 0.4) is 0 Å². The van der Waals surface area contributed by atoms with Gasteiger partial charge in [0.2, 0.25) is 0 Å². The van der Waals surface area contributed by atoms with Crippen LogP contribution < -0.4 is 0 Å². The number of nitrogens with zero attached hydrogens (tertiary/aromatic N) is 4. The molecule has 0 spiro atoms. The van der Waals surface area contributed by atoms with Gasteiger partial charge in [0, 0.05) is 54.2 Å². The zero-order valence-electron chi connectivity index (χ0n) is 12.7. The molecule has 8 heteroatoms. The van der Waals surface area contributed by atoms with Crippen molar-refractivity contribution in [3.05, 3.63) is 58.1 Å². The van der Waals surface area contributed by atoms with E-state index in [0.29, 0.717) is 47.5 Å². The van der Waals surface area contributed by atoms with Crippen LogP contribution in [0, 0.1) is 0 Å². The summed E-state index contributed by atoms with van der Waals surface area (Å²) in [6.07, 6.45) is 4.44. The van der Waals surface area contributed by atoms with Gasteiger partial charge in [-0.3, -0.25) is 14.6 Å². The summed E-state index contributed by atoms with van der Waals surface area (Å²) < 4.78 is 0. The van der Waals surface area contributed by atoms with E-state index in [1.165, 1.54) is 18.6 Å². The highest BCUT2D eigenvalue weighted by atomic mass is 35.5. The lowest BCUT2D eigenvalue weighted by atomic mass is 10.1.